The van der Waals surface area contributed by atoms with Crippen LogP contribution in [-0.2, 0) is 6.61 Å². The molecule has 3 aromatic heterocycles. The first kappa shape index (κ1) is 21.6. The fraction of sp³-hybridized carbons (Fsp3) is 0.318. The summed E-state index contributed by atoms with van der Waals surface area (Å²) in [5.41, 5.74) is 2.45. The van der Waals surface area contributed by atoms with Crippen molar-refractivity contribution < 1.29 is 13.9 Å². The minimum atomic E-state index is -0.527. The molecular formula is C22H22FN9O2. The van der Waals surface area contributed by atoms with Gasteiger partial charge in [0.2, 0.25) is 0 Å². The molecule has 5 rings (SSSR count). The molecule has 12 heteroatoms. The monoisotopic (exact) mass is 463 g/mol. The Labute approximate surface area is 194 Å². The van der Waals surface area contributed by atoms with Crippen molar-refractivity contribution in [2.45, 2.75) is 32.4 Å². The van der Waals surface area contributed by atoms with E-state index < -0.39 is 5.82 Å². The van der Waals surface area contributed by atoms with Gasteiger partial charge in [0.25, 0.3) is 5.91 Å². The number of pyridine rings is 1. The molecule has 1 aromatic carbocycles. The molecule has 11 nitrogen and oxygen atoms in total. The van der Waals surface area contributed by atoms with Gasteiger partial charge >= 0.3 is 0 Å². The third kappa shape index (κ3) is 4.47. The highest BCUT2D eigenvalue weighted by Crippen LogP contribution is 2.24. The fourth-order valence-electron chi connectivity index (χ4n) is 3.89. The molecule has 34 heavy (non-hydrogen) atoms. The first-order valence-corrected chi connectivity index (χ1v) is 10.9. The SMILES string of the molecule is Cc1cccnc1C(=O)N1CCC(n2ncc(COc3ccc(-n4cnnn4)cc3F)n2)CC1. The first-order valence-electron chi connectivity index (χ1n) is 10.9. The van der Waals surface area contributed by atoms with Crippen molar-refractivity contribution in [3.63, 3.8) is 0 Å². The van der Waals surface area contributed by atoms with Gasteiger partial charge in [-0.05, 0) is 54.0 Å². The molecule has 1 fully saturated rings. The minimum absolute atomic E-state index is 0.0489. The predicted octanol–water partition coefficient (Wildman–Crippen LogP) is 2.15. The maximum Gasteiger partial charge on any atom is 0.272 e. The van der Waals surface area contributed by atoms with Crippen LogP contribution in [0.15, 0.2) is 49.1 Å². The number of hydrogen-bond donors (Lipinski definition) is 0. The summed E-state index contributed by atoms with van der Waals surface area (Å²) in [5.74, 6) is -0.476. The molecular weight excluding hydrogens is 441 g/mol. The van der Waals surface area contributed by atoms with E-state index in [-0.39, 0.29) is 24.3 Å². The van der Waals surface area contributed by atoms with Crippen molar-refractivity contribution in [3.05, 3.63) is 71.8 Å². The number of benzene rings is 1. The lowest BCUT2D eigenvalue weighted by atomic mass is 10.0. The summed E-state index contributed by atoms with van der Waals surface area (Å²) < 4.78 is 21.4. The number of hydrogen-bond acceptors (Lipinski definition) is 8. The number of halogens is 1. The zero-order chi connectivity index (χ0) is 23.5. The Hall–Kier alpha value is -4.22. The number of tetrazole rings is 1. The van der Waals surface area contributed by atoms with Crippen molar-refractivity contribution in [1.29, 1.82) is 0 Å². The van der Waals surface area contributed by atoms with Crippen molar-refractivity contribution in [2.75, 3.05) is 13.1 Å². The van der Waals surface area contributed by atoms with Crippen LogP contribution < -0.4 is 4.74 Å². The largest absolute Gasteiger partial charge is 0.484 e. The average molecular weight is 463 g/mol. The van der Waals surface area contributed by atoms with E-state index in [0.717, 1.165) is 18.4 Å². The van der Waals surface area contributed by atoms with Crippen molar-refractivity contribution >= 4 is 5.91 Å². The van der Waals surface area contributed by atoms with Gasteiger partial charge < -0.3 is 9.64 Å². The second kappa shape index (κ2) is 9.33. The van der Waals surface area contributed by atoms with E-state index in [1.807, 2.05) is 24.0 Å². The molecule has 4 heterocycles. The topological polar surface area (TPSA) is 117 Å². The van der Waals surface area contributed by atoms with Crippen LogP contribution in [0.25, 0.3) is 5.69 Å². The van der Waals surface area contributed by atoms with Gasteiger partial charge in [0, 0.05) is 25.4 Å². The third-order valence-corrected chi connectivity index (χ3v) is 5.75. The van der Waals surface area contributed by atoms with E-state index in [4.69, 9.17) is 4.74 Å². The van der Waals surface area contributed by atoms with E-state index in [0.29, 0.717) is 30.2 Å². The van der Waals surface area contributed by atoms with Crippen molar-refractivity contribution in [3.8, 4) is 11.4 Å². The van der Waals surface area contributed by atoms with Gasteiger partial charge in [-0.2, -0.15) is 15.0 Å². The normalized spacial score (nSPS) is 14.4. The van der Waals surface area contributed by atoms with E-state index in [2.05, 4.69) is 30.7 Å². The van der Waals surface area contributed by atoms with Crippen LogP contribution in [0.4, 0.5) is 4.39 Å². The van der Waals surface area contributed by atoms with Gasteiger partial charge in [-0.15, -0.1) is 5.10 Å². The minimum Gasteiger partial charge on any atom is -0.484 e. The van der Waals surface area contributed by atoms with Gasteiger partial charge in [-0.3, -0.25) is 9.78 Å². The third-order valence-electron chi connectivity index (χ3n) is 5.75. The summed E-state index contributed by atoms with van der Waals surface area (Å²) in [4.78, 5) is 20.5. The molecule has 1 aliphatic rings. The number of nitrogens with zero attached hydrogens (tertiary/aromatic N) is 9. The summed E-state index contributed by atoms with van der Waals surface area (Å²) in [5, 5.41) is 19.7. The lowest BCUT2D eigenvalue weighted by molar-refractivity contribution is 0.0676. The molecule has 0 N–H and O–H groups in total. The molecule has 0 bridgehead atoms. The number of ether oxygens (including phenoxy) is 1. The Balaban J connectivity index is 1.16. The summed E-state index contributed by atoms with van der Waals surface area (Å²) in [6.45, 7) is 3.17. The number of carbonyl (C=O) groups excluding carboxylic acids is 1. The van der Waals surface area contributed by atoms with Crippen LogP contribution >= 0.6 is 0 Å². The second-order valence-corrected chi connectivity index (χ2v) is 8.01. The van der Waals surface area contributed by atoms with E-state index >= 15 is 0 Å². The summed E-state index contributed by atoms with van der Waals surface area (Å²) in [6, 6.07) is 8.27. The van der Waals surface area contributed by atoms with Crippen LogP contribution in [0.1, 0.15) is 40.6 Å². The molecule has 0 aliphatic carbocycles. The number of carbonyl (C=O) groups is 1. The molecule has 174 valence electrons. The average Bonchev–Trinajstić information content (AvgIpc) is 3.56. The molecule has 1 aliphatic heterocycles. The van der Waals surface area contributed by atoms with Crippen LogP contribution in [0.3, 0.4) is 0 Å². The highest BCUT2D eigenvalue weighted by Gasteiger charge is 2.27. The fourth-order valence-corrected chi connectivity index (χ4v) is 3.89. The van der Waals surface area contributed by atoms with Crippen LogP contribution in [0.2, 0.25) is 0 Å². The molecule has 1 amide bonds. The number of aromatic nitrogens is 8. The summed E-state index contributed by atoms with van der Waals surface area (Å²) >= 11 is 0. The quantitative estimate of drug-likeness (QED) is 0.427. The lowest BCUT2D eigenvalue weighted by Crippen LogP contribution is -2.40. The number of aryl methyl sites for hydroxylation is 1. The van der Waals surface area contributed by atoms with Gasteiger partial charge in [-0.25, -0.2) is 9.07 Å². The second-order valence-electron chi connectivity index (χ2n) is 8.01. The number of likely N-dealkylation sites (tertiary alicyclic amines) is 1. The Morgan fingerprint density at radius 1 is 1.24 bits per heavy atom. The standard InChI is InChI=1S/C22H22FN9O2/c1-15-3-2-8-24-21(15)22(33)30-9-6-17(7-10-30)32-26-12-16(27-32)13-34-20-5-4-18(11-19(20)23)31-14-25-28-29-31/h2-5,8,11-12,14,17H,6-7,9-10,13H2,1H3. The Morgan fingerprint density at radius 2 is 2.09 bits per heavy atom. The molecule has 0 saturated carbocycles. The van der Waals surface area contributed by atoms with E-state index in [9.17, 15) is 9.18 Å². The van der Waals surface area contributed by atoms with Crippen LogP contribution in [0.5, 0.6) is 5.75 Å². The summed E-state index contributed by atoms with van der Waals surface area (Å²) in [7, 11) is 0. The van der Waals surface area contributed by atoms with Crippen LogP contribution in [0, 0.1) is 12.7 Å². The maximum absolute atomic E-state index is 14.4. The number of rotatable bonds is 6. The Kier molecular flexibility index (Phi) is 5.93. The predicted molar refractivity (Wildman–Crippen MR) is 117 cm³/mol. The first-order chi connectivity index (χ1) is 16.6. The van der Waals surface area contributed by atoms with Gasteiger partial charge in [0.15, 0.2) is 11.6 Å². The van der Waals surface area contributed by atoms with Gasteiger partial charge in [0.1, 0.15) is 24.3 Å². The smallest absolute Gasteiger partial charge is 0.272 e. The van der Waals surface area contributed by atoms with Gasteiger partial charge in [0.05, 0.1) is 17.9 Å². The highest BCUT2D eigenvalue weighted by molar-refractivity contribution is 5.93. The molecule has 1 saturated heterocycles. The Morgan fingerprint density at radius 3 is 2.82 bits per heavy atom. The maximum atomic E-state index is 14.4. The van der Waals surface area contributed by atoms with Crippen LogP contribution in [-0.4, -0.2) is 64.1 Å². The van der Waals surface area contributed by atoms with Crippen molar-refractivity contribution in [1.82, 2.24) is 45.1 Å². The van der Waals surface area contributed by atoms with E-state index in [1.54, 1.807) is 23.3 Å². The molecule has 0 radical (unpaired) electrons. The number of piperidine rings is 1. The Bertz CT molecular complexity index is 1280. The number of amides is 1. The zero-order valence-corrected chi connectivity index (χ0v) is 18.5. The molecule has 0 unspecified atom stereocenters. The van der Waals surface area contributed by atoms with Crippen molar-refractivity contribution in [2.24, 2.45) is 0 Å². The zero-order valence-electron chi connectivity index (χ0n) is 18.5. The lowest BCUT2D eigenvalue weighted by Gasteiger charge is -2.31. The molecule has 4 aromatic rings. The highest BCUT2D eigenvalue weighted by atomic mass is 19.1. The summed E-state index contributed by atoms with van der Waals surface area (Å²) in [6.07, 6.45) is 6.11. The molecule has 0 atom stereocenters. The van der Waals surface area contributed by atoms with E-state index in [1.165, 1.54) is 23.1 Å². The molecule has 0 spiro atoms. The van der Waals surface area contributed by atoms with Gasteiger partial charge in [-0.1, -0.05) is 6.07 Å².